The van der Waals surface area contributed by atoms with Crippen molar-refractivity contribution in [2.45, 2.75) is 38.2 Å². The fraction of sp³-hybridized carbons (Fsp3) is 0.444. The van der Waals surface area contributed by atoms with E-state index in [1.165, 1.54) is 6.26 Å². The van der Waals surface area contributed by atoms with Crippen LogP contribution >= 0.6 is 0 Å². The molecule has 0 fully saturated rings. The van der Waals surface area contributed by atoms with E-state index in [-0.39, 0.29) is 13.7 Å². The second-order valence-electron chi connectivity index (χ2n) is 6.90. The maximum absolute atomic E-state index is 11.9. The number of aryl methyl sites for hydroxylation is 2. The lowest BCUT2D eigenvalue weighted by molar-refractivity contribution is -0.482. The molecule has 2 aromatic rings. The number of nitrogens with two attached hydrogens (primary N) is 1. The lowest BCUT2D eigenvalue weighted by Gasteiger charge is -2.12. The molecule has 3 radical (unpaired) electrons. The molecule has 0 saturated carbocycles. The first kappa shape index (κ1) is 28.6. The Bertz CT molecular complexity index is 1110. The normalized spacial score (nSPS) is 16.1. The first-order valence-corrected chi connectivity index (χ1v) is 12.9. The Kier molecular flexibility index (Phi) is 11.0. The molecule has 10 nitrogen and oxygen atoms in total. The average molecular weight is 467 g/mol. The number of rotatable bonds is 5. The quantitative estimate of drug-likeness (QED) is 0.307. The van der Waals surface area contributed by atoms with Crippen LogP contribution in [0.1, 0.15) is 46.9 Å². The zero-order valence-corrected chi connectivity index (χ0v) is 20.1. The highest BCUT2D eigenvalue weighted by atomic mass is 32.2. The molecule has 31 heavy (non-hydrogen) atoms. The molecule has 2 aromatic heterocycles. The van der Waals surface area contributed by atoms with E-state index in [0.717, 1.165) is 17.0 Å². The third-order valence-corrected chi connectivity index (χ3v) is 8.60. The third-order valence-electron chi connectivity index (χ3n) is 4.56. The molecular formula is C18H28BN6O4S2. The highest BCUT2D eigenvalue weighted by Gasteiger charge is 2.20. The molecule has 0 amide bonds. The second kappa shape index (κ2) is 11.9. The van der Waals surface area contributed by atoms with Gasteiger partial charge in [-0.25, -0.2) is 24.4 Å². The summed E-state index contributed by atoms with van der Waals surface area (Å²) in [5.41, 5.74) is 3.36. The third kappa shape index (κ3) is 8.71. The predicted molar refractivity (Wildman–Crippen MR) is 125 cm³/mol. The summed E-state index contributed by atoms with van der Waals surface area (Å²) in [7, 11) is -5.24. The van der Waals surface area contributed by atoms with E-state index in [4.69, 9.17) is 5.84 Å². The van der Waals surface area contributed by atoms with Crippen LogP contribution in [0.3, 0.4) is 0 Å². The standard InChI is InChI=1S/C9H13N3O3S.C9H15N3OS.B/c1-7-4-5-9(6-10-7)8(2)16(3,15)11-12(13)14;1-7-4-5-9(6-11-7)8(2)14(3,13)12-10;/h4-6,8H,1-3H3;4-6,8H,10H2,1-3H3;. The van der Waals surface area contributed by atoms with Gasteiger partial charge in [-0.05, 0) is 51.0 Å². The first-order chi connectivity index (χ1) is 13.8. The van der Waals surface area contributed by atoms with Crippen molar-refractivity contribution >= 4 is 27.9 Å². The van der Waals surface area contributed by atoms with Crippen molar-refractivity contribution in [1.29, 1.82) is 0 Å². The fourth-order valence-corrected chi connectivity index (χ4v) is 4.12. The molecule has 2 N–H and O–H groups in total. The topological polar surface area (TPSA) is 154 Å². The Morgan fingerprint density at radius 1 is 0.935 bits per heavy atom. The van der Waals surface area contributed by atoms with Crippen LogP contribution in [0.2, 0.25) is 0 Å². The van der Waals surface area contributed by atoms with Gasteiger partial charge in [-0.2, -0.15) is 4.47 Å². The van der Waals surface area contributed by atoms with Crippen LogP contribution in [0, 0.1) is 24.0 Å². The van der Waals surface area contributed by atoms with Crippen LogP contribution in [-0.2, 0) is 19.5 Å². The van der Waals surface area contributed by atoms with Crippen LogP contribution in [-0.4, -0.2) is 44.3 Å². The molecule has 2 rings (SSSR count). The van der Waals surface area contributed by atoms with Crippen molar-refractivity contribution in [2.24, 2.45) is 14.8 Å². The summed E-state index contributed by atoms with van der Waals surface area (Å²) in [5.74, 6) is 5.10. The van der Waals surface area contributed by atoms with Crippen molar-refractivity contribution in [2.75, 3.05) is 12.5 Å². The number of nitrogens with zero attached hydrogens (tertiary/aromatic N) is 5. The largest absolute Gasteiger partial charge is 0.261 e. The molecule has 0 aromatic carbocycles. The van der Waals surface area contributed by atoms with Gasteiger partial charge in [0.1, 0.15) is 14.2 Å². The number of pyridine rings is 2. The van der Waals surface area contributed by atoms with Crippen molar-refractivity contribution in [3.63, 3.8) is 0 Å². The highest BCUT2D eigenvalue weighted by molar-refractivity contribution is 7.93. The van der Waals surface area contributed by atoms with Gasteiger partial charge in [0.15, 0.2) is 5.03 Å². The average Bonchev–Trinajstić information content (AvgIpc) is 2.67. The summed E-state index contributed by atoms with van der Waals surface area (Å²) in [6, 6.07) is 7.32. The molecule has 0 aliphatic heterocycles. The van der Waals surface area contributed by atoms with Crippen molar-refractivity contribution in [1.82, 2.24) is 9.97 Å². The Hall–Kier alpha value is -2.38. The molecule has 0 saturated heterocycles. The van der Waals surface area contributed by atoms with Gasteiger partial charge in [0.25, 0.3) is 0 Å². The second-order valence-corrected chi connectivity index (χ2v) is 12.1. The van der Waals surface area contributed by atoms with Crippen LogP contribution in [0.25, 0.3) is 0 Å². The van der Waals surface area contributed by atoms with Gasteiger partial charge in [0.05, 0.1) is 20.2 Å². The van der Waals surface area contributed by atoms with Crippen molar-refractivity contribution in [3.8, 4) is 0 Å². The van der Waals surface area contributed by atoms with Crippen molar-refractivity contribution < 1.29 is 13.5 Å². The van der Waals surface area contributed by atoms with Gasteiger partial charge in [-0.3, -0.25) is 9.97 Å². The van der Waals surface area contributed by atoms with E-state index in [1.54, 1.807) is 37.7 Å². The van der Waals surface area contributed by atoms with E-state index >= 15 is 0 Å². The van der Waals surface area contributed by atoms with Crippen LogP contribution in [0.4, 0.5) is 0 Å². The molecule has 4 unspecified atom stereocenters. The van der Waals surface area contributed by atoms with E-state index in [0.29, 0.717) is 5.56 Å². The monoisotopic (exact) mass is 467 g/mol. The minimum absolute atomic E-state index is 0. The Morgan fingerprint density at radius 3 is 1.61 bits per heavy atom. The maximum atomic E-state index is 11.9. The molecule has 0 aliphatic rings. The van der Waals surface area contributed by atoms with Gasteiger partial charge in [0.2, 0.25) is 0 Å². The molecular weight excluding hydrogens is 439 g/mol. The molecule has 4 atom stereocenters. The summed E-state index contributed by atoms with van der Waals surface area (Å²) in [5, 5.41) is 8.63. The van der Waals surface area contributed by atoms with E-state index in [1.807, 2.05) is 32.9 Å². The Morgan fingerprint density at radius 2 is 1.32 bits per heavy atom. The summed E-state index contributed by atoms with van der Waals surface area (Å²) in [4.78, 5) is 18.4. The summed E-state index contributed by atoms with van der Waals surface area (Å²) in [6.07, 6.45) is 6.12. The van der Waals surface area contributed by atoms with Gasteiger partial charge in [-0.1, -0.05) is 12.1 Å². The number of hydrogen-bond acceptors (Lipinski definition) is 7. The molecule has 2 heterocycles. The molecule has 13 heteroatoms. The summed E-state index contributed by atoms with van der Waals surface area (Å²) >= 11 is 0. The fourth-order valence-electron chi connectivity index (χ4n) is 2.24. The van der Waals surface area contributed by atoms with Crippen LogP contribution < -0.4 is 5.84 Å². The van der Waals surface area contributed by atoms with Gasteiger partial charge >= 0.3 is 0 Å². The Balaban J connectivity index is 0.000000567. The van der Waals surface area contributed by atoms with E-state index < -0.39 is 29.7 Å². The number of hydrogen-bond donors (Lipinski definition) is 1. The zero-order chi connectivity index (χ0) is 23.1. The summed E-state index contributed by atoms with van der Waals surface area (Å²) in [6.45, 7) is 7.22. The minimum atomic E-state index is -2.89. The number of nitro groups is 1. The van der Waals surface area contributed by atoms with Gasteiger partial charge in [0, 0.05) is 44.7 Å². The van der Waals surface area contributed by atoms with Gasteiger partial charge < -0.3 is 0 Å². The first-order valence-electron chi connectivity index (χ1n) is 8.90. The van der Waals surface area contributed by atoms with Gasteiger partial charge in [-0.15, -0.1) is 0 Å². The minimum Gasteiger partial charge on any atom is -0.261 e. The highest BCUT2D eigenvalue weighted by Crippen LogP contribution is 2.22. The molecule has 169 valence electrons. The van der Waals surface area contributed by atoms with Crippen LogP contribution in [0.15, 0.2) is 45.6 Å². The van der Waals surface area contributed by atoms with E-state index in [9.17, 15) is 18.5 Å². The lowest BCUT2D eigenvalue weighted by Crippen LogP contribution is -2.10. The molecule has 0 aliphatic carbocycles. The maximum Gasteiger partial charge on any atom is 0.199 e. The summed E-state index contributed by atoms with van der Waals surface area (Å²) < 4.78 is 30.2. The number of aromatic nitrogens is 2. The molecule has 0 bridgehead atoms. The lowest BCUT2D eigenvalue weighted by atomic mass is 10.2. The van der Waals surface area contributed by atoms with Crippen LogP contribution in [0.5, 0.6) is 0 Å². The zero-order valence-electron chi connectivity index (χ0n) is 18.5. The predicted octanol–water partition coefficient (Wildman–Crippen LogP) is 2.78. The van der Waals surface area contributed by atoms with Crippen molar-refractivity contribution in [3.05, 3.63) is 69.3 Å². The Labute approximate surface area is 186 Å². The molecule has 0 spiro atoms. The SMILES string of the molecule is Cc1ccc(C(C)S(C)(=O)=NN)cn1.Cc1ccc(C(C)S(C)(=O)=N[N+](=O)[O-])cn1.[B]. The smallest absolute Gasteiger partial charge is 0.199 e. The van der Waals surface area contributed by atoms with E-state index in [2.05, 4.69) is 18.9 Å².